The van der Waals surface area contributed by atoms with Gasteiger partial charge in [-0.1, -0.05) is 11.6 Å². The standard InChI is InChI=1S/C11H12ClFN4/c1-14-10(11-15-6-16-17-11)5-7-4-8(12)2-3-9(7)13/h2-4,6,10,14H,5H2,1H3,(H,15,16,17). The van der Waals surface area contributed by atoms with Crippen molar-refractivity contribution in [1.82, 2.24) is 20.5 Å². The Balaban J connectivity index is 2.21. The third-order valence-electron chi connectivity index (χ3n) is 2.54. The third-order valence-corrected chi connectivity index (χ3v) is 2.78. The molecule has 6 heteroatoms. The Morgan fingerprint density at radius 2 is 2.35 bits per heavy atom. The lowest BCUT2D eigenvalue weighted by Crippen LogP contribution is -2.20. The predicted octanol–water partition coefficient (Wildman–Crippen LogP) is 2.10. The summed E-state index contributed by atoms with van der Waals surface area (Å²) >= 11 is 5.85. The summed E-state index contributed by atoms with van der Waals surface area (Å²) < 4.78 is 13.6. The highest BCUT2D eigenvalue weighted by Crippen LogP contribution is 2.20. The zero-order chi connectivity index (χ0) is 12.3. The van der Waals surface area contributed by atoms with Crippen molar-refractivity contribution in [3.63, 3.8) is 0 Å². The first-order chi connectivity index (χ1) is 8.20. The Morgan fingerprint density at radius 1 is 1.53 bits per heavy atom. The van der Waals surface area contributed by atoms with Gasteiger partial charge in [0.2, 0.25) is 0 Å². The van der Waals surface area contributed by atoms with Gasteiger partial charge < -0.3 is 5.32 Å². The number of likely N-dealkylation sites (N-methyl/N-ethyl adjacent to an activating group) is 1. The first kappa shape index (κ1) is 12.0. The van der Waals surface area contributed by atoms with Crippen molar-refractivity contribution in [2.75, 3.05) is 7.05 Å². The van der Waals surface area contributed by atoms with E-state index < -0.39 is 0 Å². The van der Waals surface area contributed by atoms with E-state index in [0.717, 1.165) is 0 Å². The minimum Gasteiger partial charge on any atom is -0.310 e. The largest absolute Gasteiger partial charge is 0.310 e. The van der Waals surface area contributed by atoms with Gasteiger partial charge in [-0.2, -0.15) is 5.10 Å². The number of aromatic nitrogens is 3. The van der Waals surface area contributed by atoms with Gasteiger partial charge in [0.25, 0.3) is 0 Å². The second kappa shape index (κ2) is 5.25. The lowest BCUT2D eigenvalue weighted by atomic mass is 10.1. The number of nitrogens with zero attached hydrogens (tertiary/aromatic N) is 2. The van der Waals surface area contributed by atoms with Gasteiger partial charge in [-0.3, -0.25) is 5.10 Å². The average molecular weight is 255 g/mol. The van der Waals surface area contributed by atoms with Crippen LogP contribution in [0.2, 0.25) is 5.02 Å². The maximum atomic E-state index is 13.6. The van der Waals surface area contributed by atoms with Crippen molar-refractivity contribution in [1.29, 1.82) is 0 Å². The zero-order valence-corrected chi connectivity index (χ0v) is 10.0. The summed E-state index contributed by atoms with van der Waals surface area (Å²) in [4.78, 5) is 4.05. The van der Waals surface area contributed by atoms with Crippen molar-refractivity contribution >= 4 is 11.6 Å². The maximum Gasteiger partial charge on any atom is 0.141 e. The van der Waals surface area contributed by atoms with Crippen molar-refractivity contribution in [2.24, 2.45) is 0 Å². The van der Waals surface area contributed by atoms with Crippen LogP contribution in [-0.2, 0) is 6.42 Å². The fourth-order valence-electron chi connectivity index (χ4n) is 1.64. The zero-order valence-electron chi connectivity index (χ0n) is 9.24. The molecule has 17 heavy (non-hydrogen) atoms. The van der Waals surface area contributed by atoms with Crippen LogP contribution < -0.4 is 5.32 Å². The minimum absolute atomic E-state index is 0.120. The van der Waals surface area contributed by atoms with Crippen LogP contribution in [0.4, 0.5) is 4.39 Å². The van der Waals surface area contributed by atoms with Gasteiger partial charge in [-0.25, -0.2) is 9.37 Å². The molecule has 0 aliphatic rings. The second-order valence-electron chi connectivity index (χ2n) is 3.65. The SMILES string of the molecule is CNC(Cc1cc(Cl)ccc1F)c1ncn[nH]1. The first-order valence-corrected chi connectivity index (χ1v) is 5.55. The van der Waals surface area contributed by atoms with E-state index in [2.05, 4.69) is 20.5 Å². The van der Waals surface area contributed by atoms with Gasteiger partial charge in [-0.15, -0.1) is 0 Å². The molecule has 0 aliphatic heterocycles. The highest BCUT2D eigenvalue weighted by atomic mass is 35.5. The van der Waals surface area contributed by atoms with E-state index in [1.54, 1.807) is 13.1 Å². The summed E-state index contributed by atoms with van der Waals surface area (Å²) in [5, 5.41) is 10.1. The van der Waals surface area contributed by atoms with Gasteiger partial charge in [0, 0.05) is 5.02 Å². The molecule has 90 valence electrons. The van der Waals surface area contributed by atoms with E-state index in [9.17, 15) is 4.39 Å². The molecule has 1 heterocycles. The Morgan fingerprint density at radius 3 is 3.00 bits per heavy atom. The van der Waals surface area contributed by atoms with E-state index >= 15 is 0 Å². The molecule has 1 aromatic heterocycles. The molecule has 1 aromatic carbocycles. The number of aromatic amines is 1. The average Bonchev–Trinajstić information content (AvgIpc) is 2.84. The van der Waals surface area contributed by atoms with Crippen LogP contribution in [0, 0.1) is 5.82 Å². The number of hydrogen-bond acceptors (Lipinski definition) is 3. The molecule has 0 aliphatic carbocycles. The van der Waals surface area contributed by atoms with E-state index in [1.165, 1.54) is 18.5 Å². The summed E-state index contributed by atoms with van der Waals surface area (Å²) in [7, 11) is 1.79. The summed E-state index contributed by atoms with van der Waals surface area (Å²) in [6.45, 7) is 0. The van der Waals surface area contributed by atoms with Crippen molar-refractivity contribution in [3.05, 3.63) is 46.8 Å². The van der Waals surface area contributed by atoms with Crippen LogP contribution in [0.25, 0.3) is 0 Å². The molecule has 1 unspecified atom stereocenters. The highest BCUT2D eigenvalue weighted by molar-refractivity contribution is 6.30. The minimum atomic E-state index is -0.269. The van der Waals surface area contributed by atoms with Gasteiger partial charge in [0.05, 0.1) is 6.04 Å². The molecule has 2 aromatic rings. The number of H-pyrrole nitrogens is 1. The van der Waals surface area contributed by atoms with Crippen LogP contribution in [0.1, 0.15) is 17.4 Å². The van der Waals surface area contributed by atoms with Gasteiger partial charge in [-0.05, 0) is 37.2 Å². The monoisotopic (exact) mass is 254 g/mol. The molecular formula is C11H12ClFN4. The number of hydrogen-bond donors (Lipinski definition) is 2. The Kier molecular flexibility index (Phi) is 3.71. The Hall–Kier alpha value is -1.46. The molecule has 0 radical (unpaired) electrons. The van der Waals surface area contributed by atoms with Crippen LogP contribution in [0.15, 0.2) is 24.5 Å². The lowest BCUT2D eigenvalue weighted by molar-refractivity contribution is 0.534. The quantitative estimate of drug-likeness (QED) is 0.879. The van der Waals surface area contributed by atoms with E-state index in [4.69, 9.17) is 11.6 Å². The van der Waals surface area contributed by atoms with Crippen LogP contribution >= 0.6 is 11.6 Å². The molecule has 2 rings (SSSR count). The smallest absolute Gasteiger partial charge is 0.141 e. The lowest BCUT2D eigenvalue weighted by Gasteiger charge is -2.13. The van der Waals surface area contributed by atoms with E-state index in [-0.39, 0.29) is 11.9 Å². The van der Waals surface area contributed by atoms with Gasteiger partial charge >= 0.3 is 0 Å². The topological polar surface area (TPSA) is 53.6 Å². The summed E-state index contributed by atoms with van der Waals surface area (Å²) in [6, 6.07) is 4.40. The summed E-state index contributed by atoms with van der Waals surface area (Å²) in [6.07, 6.45) is 1.88. The summed E-state index contributed by atoms with van der Waals surface area (Å²) in [5.41, 5.74) is 0.549. The fraction of sp³-hybridized carbons (Fsp3) is 0.273. The van der Waals surface area contributed by atoms with Crippen LogP contribution in [0.3, 0.4) is 0 Å². The molecule has 0 saturated carbocycles. The molecule has 2 N–H and O–H groups in total. The van der Waals surface area contributed by atoms with Crippen LogP contribution in [-0.4, -0.2) is 22.2 Å². The number of rotatable bonds is 4. The molecule has 0 amide bonds. The van der Waals surface area contributed by atoms with Crippen molar-refractivity contribution in [2.45, 2.75) is 12.5 Å². The van der Waals surface area contributed by atoms with Gasteiger partial charge in [0.15, 0.2) is 0 Å². The molecule has 1 atom stereocenters. The summed E-state index contributed by atoms with van der Waals surface area (Å²) in [5.74, 6) is 0.404. The molecule has 0 spiro atoms. The Labute approximate surface area is 103 Å². The third kappa shape index (κ3) is 2.81. The van der Waals surface area contributed by atoms with Crippen molar-refractivity contribution in [3.8, 4) is 0 Å². The fourth-order valence-corrected chi connectivity index (χ4v) is 1.83. The van der Waals surface area contributed by atoms with Crippen LogP contribution in [0.5, 0.6) is 0 Å². The Bertz CT molecular complexity index is 486. The molecule has 0 saturated heterocycles. The number of nitrogens with one attached hydrogen (secondary N) is 2. The molecular weight excluding hydrogens is 243 g/mol. The van der Waals surface area contributed by atoms with Gasteiger partial charge in [0.1, 0.15) is 18.0 Å². The molecule has 4 nitrogen and oxygen atoms in total. The maximum absolute atomic E-state index is 13.6. The number of halogens is 2. The van der Waals surface area contributed by atoms with Crippen molar-refractivity contribution < 1.29 is 4.39 Å². The predicted molar refractivity (Wildman–Crippen MR) is 63.3 cm³/mol. The molecule has 0 bridgehead atoms. The number of benzene rings is 1. The first-order valence-electron chi connectivity index (χ1n) is 5.17. The normalized spacial score (nSPS) is 12.6. The highest BCUT2D eigenvalue weighted by Gasteiger charge is 2.15. The van der Waals surface area contributed by atoms with E-state index in [0.29, 0.717) is 22.8 Å². The molecule has 0 fully saturated rings. The van der Waals surface area contributed by atoms with E-state index in [1.807, 2.05) is 0 Å². The second-order valence-corrected chi connectivity index (χ2v) is 4.09.